The molecule has 0 fully saturated rings. The van der Waals surface area contributed by atoms with Crippen molar-refractivity contribution < 1.29 is 0 Å². The summed E-state index contributed by atoms with van der Waals surface area (Å²) < 4.78 is 0. The molecule has 2 aliphatic carbocycles. The highest BCUT2D eigenvalue weighted by Gasteiger charge is 2.49. The quantitative estimate of drug-likeness (QED) is 0.221. The second kappa shape index (κ2) is 7.20. The first-order chi connectivity index (χ1) is 17.8. The number of fused-ring (bicyclic) bond motifs is 9. The van der Waals surface area contributed by atoms with E-state index in [0.29, 0.717) is 0 Å². The molecular formula is C35H21Cl. The molecule has 0 saturated heterocycles. The van der Waals surface area contributed by atoms with Gasteiger partial charge in [-0.05, 0) is 84.6 Å². The number of rotatable bonds is 1. The highest BCUT2D eigenvalue weighted by Crippen LogP contribution is 2.62. The Kier molecular flexibility index (Phi) is 4.02. The summed E-state index contributed by atoms with van der Waals surface area (Å²) >= 11 is 6.22. The van der Waals surface area contributed by atoms with Crippen LogP contribution >= 0.6 is 11.6 Å². The molecule has 0 aliphatic heterocycles. The zero-order valence-corrected chi connectivity index (χ0v) is 20.3. The molecule has 0 N–H and O–H groups in total. The molecule has 0 bridgehead atoms. The maximum Gasteiger partial charge on any atom is 0.0725 e. The summed E-state index contributed by atoms with van der Waals surface area (Å²) in [4.78, 5) is 0. The lowest BCUT2D eigenvalue weighted by molar-refractivity contribution is 0.774. The van der Waals surface area contributed by atoms with E-state index >= 15 is 0 Å². The molecule has 0 heterocycles. The van der Waals surface area contributed by atoms with Gasteiger partial charge in [-0.25, -0.2) is 0 Å². The van der Waals surface area contributed by atoms with Crippen LogP contribution in [0.2, 0.25) is 5.02 Å². The van der Waals surface area contributed by atoms with Gasteiger partial charge in [-0.15, -0.1) is 0 Å². The maximum absolute atomic E-state index is 6.22. The van der Waals surface area contributed by atoms with Crippen LogP contribution in [0.15, 0.2) is 127 Å². The predicted molar refractivity (Wildman–Crippen MR) is 151 cm³/mol. The number of halogens is 1. The van der Waals surface area contributed by atoms with Crippen LogP contribution in [0, 0.1) is 0 Å². The molecule has 6 aromatic carbocycles. The van der Waals surface area contributed by atoms with Gasteiger partial charge in [-0.3, -0.25) is 0 Å². The first kappa shape index (κ1) is 20.1. The van der Waals surface area contributed by atoms with E-state index in [1.165, 1.54) is 66.4 Å². The van der Waals surface area contributed by atoms with Gasteiger partial charge in [0.1, 0.15) is 0 Å². The Balaban J connectivity index is 1.57. The van der Waals surface area contributed by atoms with Crippen LogP contribution in [0.4, 0.5) is 0 Å². The summed E-state index contributed by atoms with van der Waals surface area (Å²) in [6.07, 6.45) is 0. The van der Waals surface area contributed by atoms with E-state index in [-0.39, 0.29) is 5.41 Å². The highest BCUT2D eigenvalue weighted by molar-refractivity contribution is 6.30. The van der Waals surface area contributed by atoms with Gasteiger partial charge in [-0.1, -0.05) is 121 Å². The fourth-order valence-electron chi connectivity index (χ4n) is 6.75. The van der Waals surface area contributed by atoms with Crippen molar-refractivity contribution in [1.29, 1.82) is 0 Å². The molecule has 1 atom stereocenters. The van der Waals surface area contributed by atoms with Crippen molar-refractivity contribution in [1.82, 2.24) is 0 Å². The Morgan fingerprint density at radius 3 is 1.72 bits per heavy atom. The molecule has 0 radical (unpaired) electrons. The van der Waals surface area contributed by atoms with Crippen molar-refractivity contribution in [2.75, 3.05) is 0 Å². The smallest absolute Gasteiger partial charge is 0.0725 e. The maximum atomic E-state index is 6.22. The molecule has 0 aromatic heterocycles. The van der Waals surface area contributed by atoms with Gasteiger partial charge in [0.2, 0.25) is 0 Å². The summed E-state index contributed by atoms with van der Waals surface area (Å²) in [7, 11) is 0. The van der Waals surface area contributed by atoms with Gasteiger partial charge in [-0.2, -0.15) is 0 Å². The molecule has 6 aromatic rings. The summed E-state index contributed by atoms with van der Waals surface area (Å²) in [5, 5.41) is 3.41. The van der Waals surface area contributed by atoms with Gasteiger partial charge in [0.25, 0.3) is 0 Å². The highest BCUT2D eigenvalue weighted by atomic mass is 35.5. The number of benzene rings is 6. The van der Waals surface area contributed by atoms with Gasteiger partial charge >= 0.3 is 0 Å². The Morgan fingerprint density at radius 2 is 0.972 bits per heavy atom. The third-order valence-electron chi connectivity index (χ3n) is 8.15. The Labute approximate surface area is 215 Å². The standard InChI is InChI=1S/C35H21Cl/c36-25-18-15-22(16-19-25)24-17-20-28-26-9-1-3-12-30(26)35(33(28)21-24)31-13-4-2-10-27(31)29-11-5-7-23-8-6-14-32(35)34(23)29/h1-21H. The first-order valence-corrected chi connectivity index (χ1v) is 12.8. The minimum atomic E-state index is -0.376. The van der Waals surface area contributed by atoms with Crippen LogP contribution in [0.5, 0.6) is 0 Å². The second-order valence-corrected chi connectivity index (χ2v) is 10.3. The molecule has 168 valence electrons. The van der Waals surface area contributed by atoms with Crippen molar-refractivity contribution in [3.8, 4) is 33.4 Å². The molecule has 36 heavy (non-hydrogen) atoms. The summed E-state index contributed by atoms with van der Waals surface area (Å²) in [5.74, 6) is 0. The first-order valence-electron chi connectivity index (χ1n) is 12.4. The predicted octanol–water partition coefficient (Wildman–Crippen LogP) is 9.50. The topological polar surface area (TPSA) is 0 Å². The summed E-state index contributed by atoms with van der Waals surface area (Å²) in [6.45, 7) is 0. The molecule has 8 rings (SSSR count). The minimum absolute atomic E-state index is 0.376. The van der Waals surface area contributed by atoms with Crippen LogP contribution in [0.1, 0.15) is 22.3 Å². The molecular weight excluding hydrogens is 456 g/mol. The third-order valence-corrected chi connectivity index (χ3v) is 8.40. The average molecular weight is 477 g/mol. The van der Waals surface area contributed by atoms with Crippen LogP contribution in [0.25, 0.3) is 44.2 Å². The van der Waals surface area contributed by atoms with Crippen LogP contribution in [-0.2, 0) is 5.41 Å². The lowest BCUT2D eigenvalue weighted by atomic mass is 9.61. The SMILES string of the molecule is Clc1ccc(-c2ccc3c(c2)C2(c4ccccc4-3)c3ccccc3-c3cccc4cccc2c34)cc1. The molecule has 0 nitrogen and oxygen atoms in total. The molecule has 1 heteroatoms. The average Bonchev–Trinajstić information content (AvgIpc) is 3.22. The van der Waals surface area contributed by atoms with E-state index in [1.54, 1.807) is 0 Å². The summed E-state index contributed by atoms with van der Waals surface area (Å²) in [5.41, 5.74) is 12.7. The zero-order valence-electron chi connectivity index (χ0n) is 19.5. The van der Waals surface area contributed by atoms with E-state index in [0.717, 1.165) is 5.02 Å². The summed E-state index contributed by atoms with van der Waals surface area (Å²) in [6, 6.07) is 46.7. The fraction of sp³-hybridized carbons (Fsp3) is 0.0286. The zero-order chi connectivity index (χ0) is 23.9. The van der Waals surface area contributed by atoms with E-state index in [9.17, 15) is 0 Å². The van der Waals surface area contributed by atoms with E-state index in [1.807, 2.05) is 12.1 Å². The van der Waals surface area contributed by atoms with Crippen molar-refractivity contribution in [3.05, 3.63) is 155 Å². The molecule has 1 unspecified atom stereocenters. The lowest BCUT2D eigenvalue weighted by Gasteiger charge is -2.40. The van der Waals surface area contributed by atoms with Gasteiger partial charge in [0.15, 0.2) is 0 Å². The van der Waals surface area contributed by atoms with Crippen molar-refractivity contribution >= 4 is 22.4 Å². The minimum Gasteiger partial charge on any atom is -0.0843 e. The van der Waals surface area contributed by atoms with E-state index in [2.05, 4.69) is 115 Å². The molecule has 0 amide bonds. The van der Waals surface area contributed by atoms with Crippen molar-refractivity contribution in [3.63, 3.8) is 0 Å². The monoisotopic (exact) mass is 476 g/mol. The Hall–Kier alpha value is -4.13. The van der Waals surface area contributed by atoms with Gasteiger partial charge in [0.05, 0.1) is 5.41 Å². The molecule has 1 spiro atoms. The van der Waals surface area contributed by atoms with Gasteiger partial charge in [0, 0.05) is 5.02 Å². The van der Waals surface area contributed by atoms with Crippen molar-refractivity contribution in [2.45, 2.75) is 5.41 Å². The lowest BCUT2D eigenvalue weighted by Crippen LogP contribution is -2.31. The Morgan fingerprint density at radius 1 is 0.417 bits per heavy atom. The Bertz CT molecular complexity index is 1840. The van der Waals surface area contributed by atoms with E-state index in [4.69, 9.17) is 11.6 Å². The number of hydrogen-bond acceptors (Lipinski definition) is 0. The number of hydrogen-bond donors (Lipinski definition) is 0. The van der Waals surface area contributed by atoms with Crippen molar-refractivity contribution in [2.24, 2.45) is 0 Å². The van der Waals surface area contributed by atoms with Crippen LogP contribution < -0.4 is 0 Å². The third kappa shape index (κ3) is 2.45. The molecule has 0 saturated carbocycles. The second-order valence-electron chi connectivity index (χ2n) is 9.82. The molecule has 2 aliphatic rings. The largest absolute Gasteiger partial charge is 0.0843 e. The van der Waals surface area contributed by atoms with Crippen LogP contribution in [0.3, 0.4) is 0 Å². The van der Waals surface area contributed by atoms with E-state index < -0.39 is 0 Å². The fourth-order valence-corrected chi connectivity index (χ4v) is 6.88. The van der Waals surface area contributed by atoms with Crippen LogP contribution in [-0.4, -0.2) is 0 Å². The van der Waals surface area contributed by atoms with Gasteiger partial charge < -0.3 is 0 Å². The normalized spacial score (nSPS) is 16.6.